The largest absolute Gasteiger partial charge is 0.465 e. The van der Waals surface area contributed by atoms with Crippen molar-refractivity contribution in [3.63, 3.8) is 0 Å². The molecule has 2 heterocycles. The van der Waals surface area contributed by atoms with Gasteiger partial charge < -0.3 is 25.4 Å². The van der Waals surface area contributed by atoms with Crippen LogP contribution in [0.25, 0.3) is 0 Å². The summed E-state index contributed by atoms with van der Waals surface area (Å²) in [7, 11) is 0. The molecule has 1 aromatic carbocycles. The summed E-state index contributed by atoms with van der Waals surface area (Å²) in [6.07, 6.45) is -0.978. The van der Waals surface area contributed by atoms with Crippen molar-refractivity contribution in [3.05, 3.63) is 23.8 Å². The summed E-state index contributed by atoms with van der Waals surface area (Å²) in [5, 5.41) is 15.3. The van der Waals surface area contributed by atoms with Gasteiger partial charge in [-0.15, -0.1) is 0 Å². The van der Waals surface area contributed by atoms with Crippen LogP contribution in [0.5, 0.6) is 0 Å². The first kappa shape index (κ1) is 15.0. The molecule has 3 rings (SSSR count). The second-order valence-electron chi connectivity index (χ2n) is 6.09. The van der Waals surface area contributed by atoms with Crippen molar-refractivity contribution in [1.29, 1.82) is 0 Å². The molecule has 2 aliphatic heterocycles. The maximum Gasteiger partial charge on any atom is 0.405 e. The quantitative estimate of drug-likeness (QED) is 0.782. The summed E-state index contributed by atoms with van der Waals surface area (Å²) in [5.41, 5.74) is 3.17. The van der Waals surface area contributed by atoms with E-state index < -0.39 is 6.09 Å². The van der Waals surface area contributed by atoms with Crippen LogP contribution in [0.1, 0.15) is 25.5 Å². The highest BCUT2D eigenvalue weighted by atomic mass is 16.5. The predicted molar refractivity (Wildman–Crippen MR) is 85.6 cm³/mol. The number of anilines is 2. The van der Waals surface area contributed by atoms with Crippen molar-refractivity contribution < 1.29 is 14.6 Å². The van der Waals surface area contributed by atoms with Gasteiger partial charge in [0.15, 0.2) is 0 Å². The van der Waals surface area contributed by atoms with Crippen molar-refractivity contribution in [3.8, 4) is 0 Å². The monoisotopic (exact) mass is 305 g/mol. The molecule has 0 spiro atoms. The fourth-order valence-corrected chi connectivity index (χ4v) is 3.25. The van der Waals surface area contributed by atoms with Gasteiger partial charge in [0.05, 0.1) is 19.3 Å². The number of rotatable bonds is 2. The van der Waals surface area contributed by atoms with Gasteiger partial charge in [-0.1, -0.05) is 6.92 Å². The number of hydrogen-bond donors (Lipinski definition) is 3. The van der Waals surface area contributed by atoms with E-state index in [1.54, 1.807) is 0 Å². The summed E-state index contributed by atoms with van der Waals surface area (Å²) in [4.78, 5) is 13.4. The molecule has 0 saturated carbocycles. The lowest BCUT2D eigenvalue weighted by molar-refractivity contribution is 0.122. The van der Waals surface area contributed by atoms with Gasteiger partial charge in [-0.3, -0.25) is 0 Å². The van der Waals surface area contributed by atoms with Crippen LogP contribution < -0.4 is 15.5 Å². The molecule has 1 fully saturated rings. The molecule has 3 atom stereocenters. The average molecular weight is 305 g/mol. The van der Waals surface area contributed by atoms with Crippen LogP contribution in [0.15, 0.2) is 18.2 Å². The van der Waals surface area contributed by atoms with Crippen LogP contribution >= 0.6 is 0 Å². The number of ether oxygens (including phenoxy) is 1. The SMILES string of the molecule is C[C@@H]1[C@H](C)Nc2ccc(N3CCOCC3)cc2[C@@H]1NC(=O)O. The number of benzene rings is 1. The zero-order valence-corrected chi connectivity index (χ0v) is 13.0. The first-order valence-electron chi connectivity index (χ1n) is 7.79. The van der Waals surface area contributed by atoms with Crippen molar-refractivity contribution in [2.45, 2.75) is 25.9 Å². The third kappa shape index (κ3) is 2.83. The van der Waals surface area contributed by atoms with Crippen LogP contribution in [0, 0.1) is 5.92 Å². The number of morpholine rings is 1. The highest BCUT2D eigenvalue weighted by Gasteiger charge is 2.33. The number of fused-ring (bicyclic) bond motifs is 1. The van der Waals surface area contributed by atoms with Gasteiger partial charge in [0, 0.05) is 42.0 Å². The summed E-state index contributed by atoms with van der Waals surface area (Å²) < 4.78 is 5.39. The Balaban J connectivity index is 1.93. The van der Waals surface area contributed by atoms with Gasteiger partial charge in [0.25, 0.3) is 0 Å². The first-order chi connectivity index (χ1) is 10.6. The minimum Gasteiger partial charge on any atom is -0.465 e. The molecule has 6 nitrogen and oxygen atoms in total. The number of nitrogens with one attached hydrogen (secondary N) is 2. The molecular formula is C16H23N3O3. The Morgan fingerprint density at radius 2 is 2.09 bits per heavy atom. The first-order valence-corrected chi connectivity index (χ1v) is 7.79. The Labute approximate surface area is 130 Å². The van der Waals surface area contributed by atoms with Crippen LogP contribution in [0.2, 0.25) is 0 Å². The van der Waals surface area contributed by atoms with E-state index in [-0.39, 0.29) is 18.0 Å². The molecule has 6 heteroatoms. The molecule has 0 aliphatic carbocycles. The molecule has 3 N–H and O–H groups in total. The van der Waals surface area contributed by atoms with E-state index in [9.17, 15) is 4.79 Å². The maximum absolute atomic E-state index is 11.2. The van der Waals surface area contributed by atoms with E-state index in [4.69, 9.17) is 9.84 Å². The zero-order chi connectivity index (χ0) is 15.7. The van der Waals surface area contributed by atoms with E-state index in [2.05, 4.69) is 47.6 Å². The lowest BCUT2D eigenvalue weighted by atomic mass is 9.84. The Morgan fingerprint density at radius 1 is 1.36 bits per heavy atom. The minimum absolute atomic E-state index is 0.184. The van der Waals surface area contributed by atoms with Gasteiger partial charge in [0.2, 0.25) is 0 Å². The van der Waals surface area contributed by atoms with Crippen molar-refractivity contribution in [1.82, 2.24) is 5.32 Å². The third-order valence-corrected chi connectivity index (χ3v) is 4.72. The van der Waals surface area contributed by atoms with Gasteiger partial charge in [-0.25, -0.2) is 4.79 Å². The highest BCUT2D eigenvalue weighted by molar-refractivity contribution is 5.69. The molecule has 1 amide bonds. The number of hydrogen-bond acceptors (Lipinski definition) is 4. The fraction of sp³-hybridized carbons (Fsp3) is 0.562. The molecule has 0 unspecified atom stereocenters. The summed E-state index contributed by atoms with van der Waals surface area (Å²) in [6.45, 7) is 7.37. The molecule has 22 heavy (non-hydrogen) atoms. The number of carboxylic acid groups (broad SMARTS) is 1. The van der Waals surface area contributed by atoms with Crippen LogP contribution in [0.4, 0.5) is 16.2 Å². The van der Waals surface area contributed by atoms with E-state index in [1.165, 1.54) is 0 Å². The molecule has 1 saturated heterocycles. The third-order valence-electron chi connectivity index (χ3n) is 4.72. The smallest absolute Gasteiger partial charge is 0.405 e. The second-order valence-corrected chi connectivity index (χ2v) is 6.09. The summed E-state index contributed by atoms with van der Waals surface area (Å²) in [5.74, 6) is 0.184. The van der Waals surface area contributed by atoms with Crippen molar-refractivity contribution >= 4 is 17.5 Å². The van der Waals surface area contributed by atoms with E-state index >= 15 is 0 Å². The lowest BCUT2D eigenvalue weighted by Gasteiger charge is -2.38. The van der Waals surface area contributed by atoms with Gasteiger partial charge in [0.1, 0.15) is 0 Å². The topological polar surface area (TPSA) is 73.8 Å². The Morgan fingerprint density at radius 3 is 2.77 bits per heavy atom. The standard InChI is InChI=1S/C16H23N3O3/c1-10-11(2)17-14-4-3-12(19-5-7-22-8-6-19)9-13(14)15(10)18-16(20)21/h3-4,9-11,15,17-18H,5-8H2,1-2H3,(H,20,21)/t10-,11+,15-/m1/s1. The molecule has 0 radical (unpaired) electrons. The fourth-order valence-electron chi connectivity index (χ4n) is 3.25. The zero-order valence-electron chi connectivity index (χ0n) is 13.0. The normalized spacial score (nSPS) is 27.7. The van der Waals surface area contributed by atoms with Crippen molar-refractivity contribution in [2.24, 2.45) is 5.92 Å². The van der Waals surface area contributed by atoms with Crippen LogP contribution in [-0.2, 0) is 4.74 Å². The molecule has 120 valence electrons. The van der Waals surface area contributed by atoms with Gasteiger partial charge in [-0.2, -0.15) is 0 Å². The predicted octanol–water partition coefficient (Wildman–Crippen LogP) is 2.28. The molecule has 0 aromatic heterocycles. The lowest BCUT2D eigenvalue weighted by Crippen LogP contribution is -2.42. The van der Waals surface area contributed by atoms with Gasteiger partial charge >= 0.3 is 6.09 Å². The Hall–Kier alpha value is -1.95. The van der Waals surface area contributed by atoms with Gasteiger partial charge in [-0.05, 0) is 25.1 Å². The maximum atomic E-state index is 11.2. The molecular weight excluding hydrogens is 282 g/mol. The van der Waals surface area contributed by atoms with E-state index in [0.29, 0.717) is 0 Å². The Bertz CT molecular complexity index is 558. The average Bonchev–Trinajstić information content (AvgIpc) is 2.52. The second kappa shape index (κ2) is 6.04. The Kier molecular flexibility index (Phi) is 4.11. The number of nitrogens with zero attached hydrogens (tertiary/aromatic N) is 1. The van der Waals surface area contributed by atoms with Crippen LogP contribution in [-0.4, -0.2) is 43.5 Å². The van der Waals surface area contributed by atoms with E-state index in [1.807, 2.05) is 0 Å². The minimum atomic E-state index is -0.978. The van der Waals surface area contributed by atoms with E-state index in [0.717, 1.165) is 43.2 Å². The summed E-state index contributed by atoms with van der Waals surface area (Å²) >= 11 is 0. The van der Waals surface area contributed by atoms with Crippen molar-refractivity contribution in [2.75, 3.05) is 36.5 Å². The number of amides is 1. The number of carbonyl (C=O) groups is 1. The summed E-state index contributed by atoms with van der Waals surface area (Å²) in [6, 6.07) is 6.29. The van der Waals surface area contributed by atoms with Crippen LogP contribution in [0.3, 0.4) is 0 Å². The highest BCUT2D eigenvalue weighted by Crippen LogP contribution is 2.38. The molecule has 2 aliphatic rings. The molecule has 0 bridgehead atoms. The molecule has 1 aromatic rings.